The van der Waals surface area contributed by atoms with Crippen LogP contribution >= 0.6 is 11.3 Å². The maximum absolute atomic E-state index is 8.37. The SMILES string of the molecule is COc1ccc(Oc2ncc(C=NO)s2)cc1. The van der Waals surface area contributed by atoms with Gasteiger partial charge in [-0.25, -0.2) is 4.98 Å². The summed E-state index contributed by atoms with van der Waals surface area (Å²) in [5, 5.41) is 11.8. The quantitative estimate of drug-likeness (QED) is 0.515. The molecule has 0 unspecified atom stereocenters. The van der Waals surface area contributed by atoms with Gasteiger partial charge in [-0.1, -0.05) is 16.5 Å². The number of rotatable bonds is 4. The molecule has 0 aliphatic rings. The standard InChI is InChI=1S/C11H10N2O3S/c1-15-8-2-4-9(5-3-8)16-11-12-6-10(17-11)7-13-14/h2-7,14H,1H3. The normalized spacial score (nSPS) is 10.6. The molecule has 0 atom stereocenters. The van der Waals surface area contributed by atoms with Gasteiger partial charge in [0.15, 0.2) is 0 Å². The van der Waals surface area contributed by atoms with Crippen LogP contribution in [0.3, 0.4) is 0 Å². The maximum atomic E-state index is 8.37. The summed E-state index contributed by atoms with van der Waals surface area (Å²) in [6.07, 6.45) is 2.88. The van der Waals surface area contributed by atoms with Crippen molar-refractivity contribution in [3.05, 3.63) is 35.3 Å². The van der Waals surface area contributed by atoms with Crippen molar-refractivity contribution in [1.29, 1.82) is 0 Å². The minimum atomic E-state index is 0.491. The van der Waals surface area contributed by atoms with E-state index < -0.39 is 0 Å². The van der Waals surface area contributed by atoms with Gasteiger partial charge in [0.05, 0.1) is 24.4 Å². The Bertz CT molecular complexity index is 508. The molecule has 0 amide bonds. The monoisotopic (exact) mass is 250 g/mol. The van der Waals surface area contributed by atoms with Crippen molar-refractivity contribution in [2.24, 2.45) is 5.16 Å². The van der Waals surface area contributed by atoms with Crippen LogP contribution in [0.25, 0.3) is 0 Å². The van der Waals surface area contributed by atoms with Gasteiger partial charge < -0.3 is 14.7 Å². The third-order valence-electron chi connectivity index (χ3n) is 1.95. The molecule has 0 bridgehead atoms. The fourth-order valence-corrected chi connectivity index (χ4v) is 1.83. The highest BCUT2D eigenvalue weighted by Crippen LogP contribution is 2.26. The van der Waals surface area contributed by atoms with Crippen molar-refractivity contribution < 1.29 is 14.7 Å². The molecular formula is C11H10N2O3S. The summed E-state index contributed by atoms with van der Waals surface area (Å²) in [5.41, 5.74) is 0. The Morgan fingerprint density at radius 3 is 2.65 bits per heavy atom. The molecule has 6 heteroatoms. The van der Waals surface area contributed by atoms with Crippen LogP contribution in [0, 0.1) is 0 Å². The van der Waals surface area contributed by atoms with E-state index in [0.29, 0.717) is 10.9 Å². The number of oxime groups is 1. The Labute approximate surface area is 102 Å². The highest BCUT2D eigenvalue weighted by Gasteiger charge is 2.03. The lowest BCUT2D eigenvalue weighted by atomic mass is 10.3. The molecule has 1 heterocycles. The predicted octanol–water partition coefficient (Wildman–Crippen LogP) is 2.75. The topological polar surface area (TPSA) is 63.9 Å². The zero-order valence-corrected chi connectivity index (χ0v) is 9.85. The first-order chi connectivity index (χ1) is 8.31. The number of thiazole rings is 1. The Morgan fingerprint density at radius 1 is 1.29 bits per heavy atom. The van der Waals surface area contributed by atoms with E-state index in [1.807, 2.05) is 0 Å². The fourth-order valence-electron chi connectivity index (χ4n) is 1.18. The fraction of sp³-hybridized carbons (Fsp3) is 0.0909. The van der Waals surface area contributed by atoms with Gasteiger partial charge in [-0.05, 0) is 24.3 Å². The van der Waals surface area contributed by atoms with Crippen LogP contribution in [0.15, 0.2) is 35.6 Å². The number of ether oxygens (including phenoxy) is 2. The first-order valence-corrected chi connectivity index (χ1v) is 5.58. The van der Waals surface area contributed by atoms with Crippen molar-refractivity contribution in [1.82, 2.24) is 4.98 Å². The molecule has 0 fully saturated rings. The Morgan fingerprint density at radius 2 is 2.00 bits per heavy atom. The van der Waals surface area contributed by atoms with E-state index in [4.69, 9.17) is 14.7 Å². The number of aromatic nitrogens is 1. The lowest BCUT2D eigenvalue weighted by Crippen LogP contribution is -1.84. The molecule has 2 aromatic rings. The average molecular weight is 250 g/mol. The van der Waals surface area contributed by atoms with E-state index >= 15 is 0 Å². The van der Waals surface area contributed by atoms with Gasteiger partial charge in [-0.3, -0.25) is 0 Å². The van der Waals surface area contributed by atoms with Crippen LogP contribution in [0.4, 0.5) is 0 Å². The van der Waals surface area contributed by atoms with E-state index in [0.717, 1.165) is 10.6 Å². The summed E-state index contributed by atoms with van der Waals surface area (Å²) < 4.78 is 10.6. The van der Waals surface area contributed by atoms with Crippen LogP contribution in [0.1, 0.15) is 4.88 Å². The van der Waals surface area contributed by atoms with Crippen molar-refractivity contribution in [2.45, 2.75) is 0 Å². The molecule has 0 spiro atoms. The average Bonchev–Trinajstić information content (AvgIpc) is 2.78. The molecule has 88 valence electrons. The number of hydrogen-bond acceptors (Lipinski definition) is 6. The molecule has 2 rings (SSSR count). The minimum Gasteiger partial charge on any atom is -0.497 e. The summed E-state index contributed by atoms with van der Waals surface area (Å²) in [5.74, 6) is 1.44. The van der Waals surface area contributed by atoms with E-state index in [-0.39, 0.29) is 0 Å². The molecule has 17 heavy (non-hydrogen) atoms. The van der Waals surface area contributed by atoms with Gasteiger partial charge >= 0.3 is 0 Å². The maximum Gasteiger partial charge on any atom is 0.279 e. The van der Waals surface area contributed by atoms with E-state index in [1.54, 1.807) is 37.6 Å². The van der Waals surface area contributed by atoms with Crippen LogP contribution < -0.4 is 9.47 Å². The molecule has 1 N–H and O–H groups in total. The Hall–Kier alpha value is -2.08. The predicted molar refractivity (Wildman–Crippen MR) is 64.6 cm³/mol. The number of benzene rings is 1. The highest BCUT2D eigenvalue weighted by atomic mass is 32.1. The molecule has 0 radical (unpaired) electrons. The Kier molecular flexibility index (Phi) is 3.56. The molecule has 0 saturated carbocycles. The van der Waals surface area contributed by atoms with Gasteiger partial charge in [-0.2, -0.15) is 0 Å². The first kappa shape index (κ1) is 11.4. The second-order valence-corrected chi connectivity index (χ2v) is 4.08. The van der Waals surface area contributed by atoms with Crippen LogP contribution in [-0.4, -0.2) is 23.5 Å². The van der Waals surface area contributed by atoms with Gasteiger partial charge in [0, 0.05) is 0 Å². The van der Waals surface area contributed by atoms with Crippen molar-refractivity contribution in [2.75, 3.05) is 7.11 Å². The molecule has 5 nitrogen and oxygen atoms in total. The molecule has 0 aliphatic heterocycles. The minimum absolute atomic E-state index is 0.491. The summed E-state index contributed by atoms with van der Waals surface area (Å²) in [7, 11) is 1.61. The van der Waals surface area contributed by atoms with Crippen molar-refractivity contribution in [3.8, 4) is 16.7 Å². The van der Waals surface area contributed by atoms with Crippen molar-refractivity contribution >= 4 is 17.6 Å². The van der Waals surface area contributed by atoms with E-state index in [9.17, 15) is 0 Å². The van der Waals surface area contributed by atoms with Gasteiger partial charge in [0.25, 0.3) is 5.19 Å². The summed E-state index contributed by atoms with van der Waals surface area (Å²) in [4.78, 5) is 4.75. The van der Waals surface area contributed by atoms with E-state index in [2.05, 4.69) is 10.1 Å². The largest absolute Gasteiger partial charge is 0.497 e. The third-order valence-corrected chi connectivity index (χ3v) is 2.76. The number of methoxy groups -OCH3 is 1. The first-order valence-electron chi connectivity index (χ1n) is 4.77. The van der Waals surface area contributed by atoms with Crippen molar-refractivity contribution in [3.63, 3.8) is 0 Å². The lowest BCUT2D eigenvalue weighted by molar-refractivity contribution is 0.322. The molecule has 0 saturated heterocycles. The lowest BCUT2D eigenvalue weighted by Gasteiger charge is -2.02. The molecule has 1 aromatic heterocycles. The zero-order chi connectivity index (χ0) is 12.1. The molecule has 0 aliphatic carbocycles. The molecule has 1 aromatic carbocycles. The smallest absolute Gasteiger partial charge is 0.279 e. The van der Waals surface area contributed by atoms with Gasteiger partial charge in [0.2, 0.25) is 0 Å². The second-order valence-electron chi connectivity index (χ2n) is 3.05. The summed E-state index contributed by atoms with van der Waals surface area (Å²) >= 11 is 1.29. The number of hydrogen-bond donors (Lipinski definition) is 1. The Balaban J connectivity index is 2.08. The van der Waals surface area contributed by atoms with Gasteiger partial charge in [0.1, 0.15) is 11.5 Å². The van der Waals surface area contributed by atoms with E-state index in [1.165, 1.54) is 17.6 Å². The van der Waals surface area contributed by atoms with Gasteiger partial charge in [-0.15, -0.1) is 0 Å². The summed E-state index contributed by atoms with van der Waals surface area (Å²) in [6, 6.07) is 7.19. The van der Waals surface area contributed by atoms with Crippen LogP contribution in [-0.2, 0) is 0 Å². The highest BCUT2D eigenvalue weighted by molar-refractivity contribution is 7.15. The summed E-state index contributed by atoms with van der Waals surface area (Å²) in [6.45, 7) is 0. The number of nitrogens with zero attached hydrogens (tertiary/aromatic N) is 2. The zero-order valence-electron chi connectivity index (χ0n) is 9.03. The van der Waals surface area contributed by atoms with Crippen LogP contribution in [0.2, 0.25) is 0 Å². The third kappa shape index (κ3) is 2.94. The van der Waals surface area contributed by atoms with Crippen LogP contribution in [0.5, 0.6) is 16.7 Å². The second kappa shape index (κ2) is 5.31. The molecular weight excluding hydrogens is 240 g/mol.